The van der Waals surface area contributed by atoms with Crippen molar-refractivity contribution in [1.29, 1.82) is 0 Å². The smallest absolute Gasteiger partial charge is 0.118 e. The third-order valence-corrected chi connectivity index (χ3v) is 6.10. The number of methoxy groups -OCH3 is 1. The minimum Gasteiger partial charge on any atom is -0.497 e. The van der Waals surface area contributed by atoms with E-state index in [4.69, 9.17) is 9.72 Å². The van der Waals surface area contributed by atoms with E-state index in [9.17, 15) is 5.11 Å². The summed E-state index contributed by atoms with van der Waals surface area (Å²) in [7, 11) is 1.68. The Labute approximate surface area is 171 Å². The van der Waals surface area contributed by atoms with Crippen molar-refractivity contribution in [2.45, 2.75) is 32.8 Å². The van der Waals surface area contributed by atoms with Gasteiger partial charge in [-0.15, -0.1) is 0 Å². The fourth-order valence-corrected chi connectivity index (χ4v) is 4.78. The van der Waals surface area contributed by atoms with E-state index in [2.05, 4.69) is 62.4 Å². The average molecular weight is 383 g/mol. The third kappa shape index (κ3) is 2.97. The van der Waals surface area contributed by atoms with E-state index in [0.717, 1.165) is 57.3 Å². The third-order valence-electron chi connectivity index (χ3n) is 6.10. The summed E-state index contributed by atoms with van der Waals surface area (Å²) in [6, 6.07) is 20.8. The first-order valence-electron chi connectivity index (χ1n) is 10.1. The zero-order chi connectivity index (χ0) is 20.2. The first-order valence-corrected chi connectivity index (χ1v) is 10.1. The van der Waals surface area contributed by atoms with Crippen LogP contribution < -0.4 is 4.74 Å². The normalized spacial score (nSPS) is 18.0. The monoisotopic (exact) mass is 383 g/mol. The number of pyridine rings is 1. The van der Waals surface area contributed by atoms with Crippen LogP contribution in [0.3, 0.4) is 0 Å². The zero-order valence-electron chi connectivity index (χ0n) is 17.1. The summed E-state index contributed by atoms with van der Waals surface area (Å²) < 4.78 is 5.35. The van der Waals surface area contributed by atoms with Crippen LogP contribution in [0, 0.1) is 5.41 Å². The lowest BCUT2D eigenvalue weighted by Gasteiger charge is -2.35. The second-order valence-electron chi connectivity index (χ2n) is 8.82. The van der Waals surface area contributed by atoms with Crippen molar-refractivity contribution in [2.24, 2.45) is 5.41 Å². The molecule has 1 N–H and O–H groups in total. The van der Waals surface area contributed by atoms with Gasteiger partial charge in [-0.3, -0.25) is 4.98 Å². The highest BCUT2D eigenvalue weighted by Crippen LogP contribution is 2.47. The maximum absolute atomic E-state index is 11.1. The molecule has 0 amide bonds. The number of rotatable bonds is 2. The Bertz CT molecular complexity index is 1230. The van der Waals surface area contributed by atoms with Crippen molar-refractivity contribution in [3.63, 3.8) is 0 Å². The number of hydrogen-bond donors (Lipinski definition) is 1. The van der Waals surface area contributed by atoms with Crippen LogP contribution in [-0.2, 0) is 6.42 Å². The topological polar surface area (TPSA) is 42.4 Å². The molecule has 0 spiro atoms. The molecule has 1 aliphatic carbocycles. The average Bonchev–Trinajstić information content (AvgIpc) is 2.71. The van der Waals surface area contributed by atoms with Crippen LogP contribution in [-0.4, -0.2) is 17.2 Å². The van der Waals surface area contributed by atoms with E-state index in [1.807, 2.05) is 12.1 Å². The Morgan fingerprint density at radius 2 is 1.72 bits per heavy atom. The molecule has 146 valence electrons. The van der Waals surface area contributed by atoms with E-state index in [1.165, 1.54) is 5.39 Å². The minimum atomic E-state index is -0.519. The summed E-state index contributed by atoms with van der Waals surface area (Å²) in [5.74, 6) is 0.827. The number of nitrogens with zero attached hydrogens (tertiary/aromatic N) is 1. The predicted octanol–water partition coefficient (Wildman–Crippen LogP) is 6.07. The molecule has 3 nitrogen and oxygen atoms in total. The molecule has 29 heavy (non-hydrogen) atoms. The van der Waals surface area contributed by atoms with Gasteiger partial charge in [-0.2, -0.15) is 0 Å². The number of fused-ring (bicyclic) bond motifs is 4. The number of ether oxygens (including phenoxy) is 1. The molecule has 1 heterocycles. The van der Waals surface area contributed by atoms with Crippen molar-refractivity contribution in [3.05, 3.63) is 71.9 Å². The minimum absolute atomic E-state index is 0.0227. The van der Waals surface area contributed by atoms with E-state index in [0.29, 0.717) is 0 Å². The first-order chi connectivity index (χ1) is 14.0. The molecule has 0 aliphatic heterocycles. The van der Waals surface area contributed by atoms with E-state index < -0.39 is 6.10 Å². The molecular weight excluding hydrogens is 358 g/mol. The second kappa shape index (κ2) is 6.57. The molecule has 1 unspecified atom stereocenters. The lowest BCUT2D eigenvalue weighted by molar-refractivity contribution is 0.0990. The molecule has 0 saturated heterocycles. The Morgan fingerprint density at radius 3 is 2.48 bits per heavy atom. The molecule has 3 aromatic carbocycles. The van der Waals surface area contributed by atoms with Crippen LogP contribution in [0.5, 0.6) is 5.75 Å². The Balaban J connectivity index is 1.90. The van der Waals surface area contributed by atoms with Gasteiger partial charge in [-0.25, -0.2) is 0 Å². The standard InChI is InChI=1S/C26H25NO2/c1-26(2)14-21-24(22(28)15-26)23(17-8-11-18(29-3)12-9-17)20-13-10-16-6-4-5-7-19(16)25(20)27-21/h4-13,22,28H,14-15H2,1-3H3. The van der Waals surface area contributed by atoms with Gasteiger partial charge in [0.2, 0.25) is 0 Å². The summed E-state index contributed by atoms with van der Waals surface area (Å²) in [4.78, 5) is 5.13. The predicted molar refractivity (Wildman–Crippen MR) is 118 cm³/mol. The lowest BCUT2D eigenvalue weighted by Crippen LogP contribution is -2.27. The largest absolute Gasteiger partial charge is 0.497 e. The fraction of sp³-hybridized carbons (Fsp3) is 0.269. The van der Waals surface area contributed by atoms with E-state index in [-0.39, 0.29) is 5.41 Å². The van der Waals surface area contributed by atoms with Crippen molar-refractivity contribution in [1.82, 2.24) is 4.98 Å². The van der Waals surface area contributed by atoms with Crippen LogP contribution in [0.2, 0.25) is 0 Å². The van der Waals surface area contributed by atoms with Crippen LogP contribution in [0.4, 0.5) is 0 Å². The number of aliphatic hydroxyl groups is 1. The van der Waals surface area contributed by atoms with Crippen LogP contribution >= 0.6 is 0 Å². The number of hydrogen-bond acceptors (Lipinski definition) is 3. The quantitative estimate of drug-likeness (QED) is 0.427. The van der Waals surface area contributed by atoms with Gasteiger partial charge in [-0.05, 0) is 46.9 Å². The second-order valence-corrected chi connectivity index (χ2v) is 8.82. The van der Waals surface area contributed by atoms with Crippen LogP contribution in [0.1, 0.15) is 37.6 Å². The molecular formula is C26H25NO2. The Hall–Kier alpha value is -2.91. The molecule has 0 fully saturated rings. The van der Waals surface area contributed by atoms with Crippen molar-refractivity contribution < 1.29 is 9.84 Å². The van der Waals surface area contributed by atoms with Gasteiger partial charge in [0.1, 0.15) is 5.75 Å². The lowest BCUT2D eigenvalue weighted by atomic mass is 9.72. The van der Waals surface area contributed by atoms with Gasteiger partial charge in [0.05, 0.1) is 18.7 Å². The van der Waals surface area contributed by atoms with Gasteiger partial charge >= 0.3 is 0 Å². The Kier molecular flexibility index (Phi) is 4.11. The summed E-state index contributed by atoms with van der Waals surface area (Å²) >= 11 is 0. The summed E-state index contributed by atoms with van der Waals surface area (Å²) in [5.41, 5.74) is 5.22. The molecule has 0 radical (unpaired) electrons. The fourth-order valence-electron chi connectivity index (χ4n) is 4.78. The first kappa shape index (κ1) is 18.1. The van der Waals surface area contributed by atoms with Gasteiger partial charge in [0.25, 0.3) is 0 Å². The van der Waals surface area contributed by atoms with Gasteiger partial charge < -0.3 is 9.84 Å². The van der Waals surface area contributed by atoms with Gasteiger partial charge in [-0.1, -0.05) is 62.4 Å². The van der Waals surface area contributed by atoms with E-state index in [1.54, 1.807) is 7.11 Å². The SMILES string of the molecule is COc1ccc(-c2c3c(nc4c2ccc2ccccc24)CC(C)(C)CC3O)cc1. The molecule has 0 saturated carbocycles. The summed E-state index contributed by atoms with van der Waals surface area (Å²) in [5, 5.41) is 14.6. The van der Waals surface area contributed by atoms with E-state index >= 15 is 0 Å². The highest BCUT2D eigenvalue weighted by molar-refractivity contribution is 6.10. The van der Waals surface area contributed by atoms with Crippen LogP contribution in [0.15, 0.2) is 60.7 Å². The highest BCUT2D eigenvalue weighted by Gasteiger charge is 2.35. The molecule has 4 aromatic rings. The van der Waals surface area contributed by atoms with Gasteiger partial charge in [0.15, 0.2) is 0 Å². The maximum Gasteiger partial charge on any atom is 0.118 e. The number of aliphatic hydroxyl groups excluding tert-OH is 1. The number of aromatic nitrogens is 1. The van der Waals surface area contributed by atoms with Gasteiger partial charge in [0, 0.05) is 22.0 Å². The van der Waals surface area contributed by atoms with Crippen LogP contribution in [0.25, 0.3) is 32.8 Å². The van der Waals surface area contributed by atoms with Crippen molar-refractivity contribution >= 4 is 21.7 Å². The maximum atomic E-state index is 11.1. The molecule has 1 aliphatic rings. The molecule has 3 heteroatoms. The summed E-state index contributed by atoms with van der Waals surface area (Å²) in [6.07, 6.45) is 1.08. The van der Waals surface area contributed by atoms with Crippen molar-refractivity contribution in [2.75, 3.05) is 7.11 Å². The van der Waals surface area contributed by atoms with Crippen molar-refractivity contribution in [3.8, 4) is 16.9 Å². The molecule has 1 atom stereocenters. The molecule has 1 aromatic heterocycles. The number of benzene rings is 3. The summed E-state index contributed by atoms with van der Waals surface area (Å²) in [6.45, 7) is 4.42. The zero-order valence-corrected chi connectivity index (χ0v) is 17.1. The molecule has 5 rings (SSSR count). The Morgan fingerprint density at radius 1 is 0.966 bits per heavy atom. The highest BCUT2D eigenvalue weighted by atomic mass is 16.5. The molecule has 0 bridgehead atoms.